The Morgan fingerprint density at radius 2 is 2.12 bits per heavy atom. The van der Waals surface area contributed by atoms with E-state index in [0.29, 0.717) is 6.54 Å². The zero-order chi connectivity index (χ0) is 18.0. The molecule has 1 aromatic heterocycles. The van der Waals surface area contributed by atoms with Gasteiger partial charge < -0.3 is 20.3 Å². The quantitative estimate of drug-likeness (QED) is 0.725. The third kappa shape index (κ3) is 3.84. The van der Waals surface area contributed by atoms with Gasteiger partial charge in [0.1, 0.15) is 11.9 Å². The monoisotopic (exact) mass is 406 g/mol. The molecule has 1 aliphatic heterocycles. The molecule has 2 heterocycles. The predicted molar refractivity (Wildman–Crippen MR) is 96.0 cm³/mol. The van der Waals surface area contributed by atoms with Crippen molar-refractivity contribution in [2.75, 3.05) is 6.54 Å². The lowest BCUT2D eigenvalue weighted by atomic mass is 10.2. The third-order valence-electron chi connectivity index (χ3n) is 4.31. The van der Waals surface area contributed by atoms with Crippen LogP contribution >= 0.6 is 15.9 Å². The van der Waals surface area contributed by atoms with Crippen LogP contribution in [-0.4, -0.2) is 44.6 Å². The molecule has 0 aliphatic carbocycles. The van der Waals surface area contributed by atoms with E-state index in [9.17, 15) is 9.59 Å². The molecule has 2 aromatic rings. The lowest BCUT2D eigenvalue weighted by molar-refractivity contribution is -0.134. The van der Waals surface area contributed by atoms with Gasteiger partial charge in [0.05, 0.1) is 17.9 Å². The van der Waals surface area contributed by atoms with Gasteiger partial charge in [-0.3, -0.25) is 4.79 Å². The van der Waals surface area contributed by atoms with E-state index in [1.807, 2.05) is 24.3 Å². The number of carbonyl (C=O) groups excluding carboxylic acids is 1. The van der Waals surface area contributed by atoms with Gasteiger partial charge >= 0.3 is 6.09 Å². The SMILES string of the molecule is CC(NC(=O)O)C(=O)N1CCCC1c1ncc(-c2ccc(Br)cc2)[nH]1. The summed E-state index contributed by atoms with van der Waals surface area (Å²) in [4.78, 5) is 32.7. The molecule has 1 saturated heterocycles. The summed E-state index contributed by atoms with van der Waals surface area (Å²) in [5, 5.41) is 11.0. The molecule has 1 fully saturated rings. The van der Waals surface area contributed by atoms with Crippen molar-refractivity contribution in [1.82, 2.24) is 20.2 Å². The van der Waals surface area contributed by atoms with Crippen molar-refractivity contribution in [3.8, 4) is 11.3 Å². The highest BCUT2D eigenvalue weighted by Gasteiger charge is 2.34. The van der Waals surface area contributed by atoms with Crippen molar-refractivity contribution in [1.29, 1.82) is 0 Å². The van der Waals surface area contributed by atoms with Crippen molar-refractivity contribution in [3.63, 3.8) is 0 Å². The molecule has 0 bridgehead atoms. The largest absolute Gasteiger partial charge is 0.465 e. The van der Waals surface area contributed by atoms with Crippen LogP contribution in [0.3, 0.4) is 0 Å². The van der Waals surface area contributed by atoms with Crippen molar-refractivity contribution in [2.24, 2.45) is 0 Å². The standard InChI is InChI=1S/C17H19BrN4O3/c1-10(20-17(24)25)16(23)22-8-2-3-14(22)15-19-9-13(21-15)11-4-6-12(18)7-5-11/h4-7,9-10,14,20H,2-3,8H2,1H3,(H,19,21)(H,24,25). The maximum Gasteiger partial charge on any atom is 0.405 e. The Kier molecular flexibility index (Phi) is 5.08. The summed E-state index contributed by atoms with van der Waals surface area (Å²) in [7, 11) is 0. The van der Waals surface area contributed by atoms with Crippen LogP contribution in [0.15, 0.2) is 34.9 Å². The first-order chi connectivity index (χ1) is 12.0. The van der Waals surface area contributed by atoms with Gasteiger partial charge in [-0.2, -0.15) is 0 Å². The Balaban J connectivity index is 1.78. The summed E-state index contributed by atoms with van der Waals surface area (Å²) in [5.74, 6) is 0.498. The summed E-state index contributed by atoms with van der Waals surface area (Å²) in [6.45, 7) is 2.16. The molecule has 2 atom stereocenters. The highest BCUT2D eigenvalue weighted by Crippen LogP contribution is 2.32. The Morgan fingerprint density at radius 3 is 2.80 bits per heavy atom. The number of hydrogen-bond acceptors (Lipinski definition) is 3. The number of aromatic amines is 1. The average molecular weight is 407 g/mol. The van der Waals surface area contributed by atoms with E-state index in [0.717, 1.165) is 34.4 Å². The fourth-order valence-electron chi connectivity index (χ4n) is 3.09. The first kappa shape index (κ1) is 17.5. The summed E-state index contributed by atoms with van der Waals surface area (Å²) >= 11 is 3.41. The number of H-pyrrole nitrogens is 1. The normalized spacial score (nSPS) is 18.2. The van der Waals surface area contributed by atoms with Crippen LogP contribution in [0.1, 0.15) is 31.6 Å². The van der Waals surface area contributed by atoms with Gasteiger partial charge in [-0.25, -0.2) is 9.78 Å². The molecule has 2 unspecified atom stereocenters. The maximum absolute atomic E-state index is 12.5. The van der Waals surface area contributed by atoms with Crippen LogP contribution in [0.4, 0.5) is 4.79 Å². The van der Waals surface area contributed by atoms with Gasteiger partial charge in [0.2, 0.25) is 5.91 Å². The average Bonchev–Trinajstić information content (AvgIpc) is 3.23. The van der Waals surface area contributed by atoms with Gasteiger partial charge in [0.15, 0.2) is 0 Å². The van der Waals surface area contributed by atoms with E-state index in [2.05, 4.69) is 31.2 Å². The summed E-state index contributed by atoms with van der Waals surface area (Å²) in [6.07, 6.45) is 2.23. The molecule has 3 N–H and O–H groups in total. The van der Waals surface area contributed by atoms with Crippen molar-refractivity contribution in [3.05, 3.63) is 40.8 Å². The van der Waals surface area contributed by atoms with Crippen LogP contribution in [0.25, 0.3) is 11.3 Å². The Hall–Kier alpha value is -2.35. The fraction of sp³-hybridized carbons (Fsp3) is 0.353. The molecule has 2 amide bonds. The number of nitrogens with one attached hydrogen (secondary N) is 2. The summed E-state index contributed by atoms with van der Waals surface area (Å²) in [5.41, 5.74) is 1.90. The van der Waals surface area contributed by atoms with Crippen molar-refractivity contribution < 1.29 is 14.7 Å². The van der Waals surface area contributed by atoms with E-state index >= 15 is 0 Å². The highest BCUT2D eigenvalue weighted by molar-refractivity contribution is 9.10. The van der Waals surface area contributed by atoms with E-state index in [4.69, 9.17) is 5.11 Å². The van der Waals surface area contributed by atoms with E-state index < -0.39 is 12.1 Å². The number of halogens is 1. The minimum Gasteiger partial charge on any atom is -0.465 e. The smallest absolute Gasteiger partial charge is 0.405 e. The number of rotatable bonds is 4. The molecule has 7 nitrogen and oxygen atoms in total. The second-order valence-corrected chi connectivity index (χ2v) is 6.97. The van der Waals surface area contributed by atoms with Crippen LogP contribution < -0.4 is 5.32 Å². The molecule has 0 saturated carbocycles. The van der Waals surface area contributed by atoms with Gasteiger partial charge in [-0.05, 0) is 37.5 Å². The molecule has 0 radical (unpaired) electrons. The number of likely N-dealkylation sites (tertiary alicyclic amines) is 1. The number of amides is 2. The molecular weight excluding hydrogens is 388 g/mol. The second kappa shape index (κ2) is 7.26. The molecule has 132 valence electrons. The number of hydrogen-bond donors (Lipinski definition) is 3. The Morgan fingerprint density at radius 1 is 1.40 bits per heavy atom. The Bertz CT molecular complexity index is 774. The number of aromatic nitrogens is 2. The third-order valence-corrected chi connectivity index (χ3v) is 4.84. The molecule has 1 aliphatic rings. The molecule has 3 rings (SSSR count). The predicted octanol–water partition coefficient (Wildman–Crippen LogP) is 3.16. The number of benzene rings is 1. The van der Waals surface area contributed by atoms with Crippen LogP contribution in [-0.2, 0) is 4.79 Å². The lowest BCUT2D eigenvalue weighted by Gasteiger charge is -2.26. The summed E-state index contributed by atoms with van der Waals surface area (Å²) < 4.78 is 1.00. The van der Waals surface area contributed by atoms with Crippen LogP contribution in [0.5, 0.6) is 0 Å². The second-order valence-electron chi connectivity index (χ2n) is 6.05. The van der Waals surface area contributed by atoms with Gasteiger partial charge in [-0.1, -0.05) is 28.1 Å². The number of carbonyl (C=O) groups is 2. The molecule has 1 aromatic carbocycles. The lowest BCUT2D eigenvalue weighted by Crippen LogP contribution is -2.46. The van der Waals surface area contributed by atoms with Gasteiger partial charge in [0, 0.05) is 11.0 Å². The molecule has 0 spiro atoms. The Labute approximate surface area is 153 Å². The van der Waals surface area contributed by atoms with Gasteiger partial charge in [0.25, 0.3) is 0 Å². The number of carboxylic acid groups (broad SMARTS) is 1. The number of nitrogens with zero attached hydrogens (tertiary/aromatic N) is 2. The minimum absolute atomic E-state index is 0.158. The zero-order valence-electron chi connectivity index (χ0n) is 13.7. The van der Waals surface area contributed by atoms with Crippen LogP contribution in [0.2, 0.25) is 0 Å². The topological polar surface area (TPSA) is 98.3 Å². The zero-order valence-corrected chi connectivity index (χ0v) is 15.3. The maximum atomic E-state index is 12.5. The van der Waals surface area contributed by atoms with Crippen LogP contribution in [0, 0.1) is 0 Å². The highest BCUT2D eigenvalue weighted by atomic mass is 79.9. The van der Waals surface area contributed by atoms with Crippen molar-refractivity contribution >= 4 is 27.9 Å². The fourth-order valence-corrected chi connectivity index (χ4v) is 3.36. The molecule has 25 heavy (non-hydrogen) atoms. The van der Waals surface area contributed by atoms with Gasteiger partial charge in [-0.15, -0.1) is 0 Å². The van der Waals surface area contributed by atoms with Crippen molar-refractivity contribution in [2.45, 2.75) is 31.8 Å². The number of imidazole rings is 1. The molecular formula is C17H19BrN4O3. The van der Waals surface area contributed by atoms with E-state index in [1.54, 1.807) is 18.0 Å². The minimum atomic E-state index is -1.20. The first-order valence-corrected chi connectivity index (χ1v) is 8.86. The van der Waals surface area contributed by atoms with E-state index in [-0.39, 0.29) is 11.9 Å². The van der Waals surface area contributed by atoms with E-state index in [1.165, 1.54) is 0 Å². The first-order valence-electron chi connectivity index (χ1n) is 8.06. The summed E-state index contributed by atoms with van der Waals surface area (Å²) in [6, 6.07) is 6.95. The molecule has 8 heteroatoms.